The summed E-state index contributed by atoms with van der Waals surface area (Å²) >= 11 is 0. The van der Waals surface area contributed by atoms with E-state index in [9.17, 15) is 14.9 Å². The molecule has 15 heavy (non-hydrogen) atoms. The molecule has 0 spiro atoms. The molecule has 6 heteroatoms. The molecule has 1 aromatic heterocycles. The maximum atomic E-state index is 11.4. The van der Waals surface area contributed by atoms with Crippen LogP contribution in [0.2, 0.25) is 0 Å². The molecule has 0 radical (unpaired) electrons. The van der Waals surface area contributed by atoms with Crippen LogP contribution in [0.5, 0.6) is 0 Å². The fraction of sp³-hybridized carbons (Fsp3) is 0.111. The quantitative estimate of drug-likeness (QED) is 0.510. The Hall–Kier alpha value is -2.24. The van der Waals surface area contributed by atoms with Crippen molar-refractivity contribution < 1.29 is 4.92 Å². The highest BCUT2D eigenvalue weighted by Gasteiger charge is 2.09. The molecule has 0 saturated heterocycles. The average molecular weight is 205 g/mol. The van der Waals surface area contributed by atoms with Crippen LogP contribution >= 0.6 is 0 Å². The number of nitrogens with zero attached hydrogens (tertiary/aromatic N) is 3. The highest BCUT2D eigenvalue weighted by Crippen LogP contribution is 2.16. The molecular weight excluding hydrogens is 198 g/mol. The lowest BCUT2D eigenvalue weighted by atomic mass is 10.2. The van der Waals surface area contributed by atoms with Gasteiger partial charge in [-0.3, -0.25) is 14.9 Å². The topological polar surface area (TPSA) is 78.0 Å². The molecule has 0 fully saturated rings. The molecule has 0 aliphatic heterocycles. The largest absolute Gasteiger partial charge is 0.335 e. The van der Waals surface area contributed by atoms with Crippen LogP contribution in [-0.4, -0.2) is 14.5 Å². The molecule has 2 aromatic rings. The van der Waals surface area contributed by atoms with Crippen molar-refractivity contribution in [3.63, 3.8) is 0 Å². The highest BCUT2D eigenvalue weighted by atomic mass is 16.6. The molecule has 0 amide bonds. The lowest BCUT2D eigenvalue weighted by Gasteiger charge is -2.02. The molecule has 1 aromatic carbocycles. The summed E-state index contributed by atoms with van der Waals surface area (Å²) in [6, 6.07) is 4.14. The van der Waals surface area contributed by atoms with Gasteiger partial charge in [-0.1, -0.05) is 0 Å². The SMILES string of the molecule is Cn1cnc(=O)c2cc([N+](=O)[O-])ccc21. The Bertz CT molecular complexity index is 603. The molecule has 0 aliphatic rings. The predicted octanol–water partition coefficient (Wildman–Crippen LogP) is 0.842. The number of hydrogen-bond acceptors (Lipinski definition) is 4. The van der Waals surface area contributed by atoms with Gasteiger partial charge < -0.3 is 4.57 Å². The standard InChI is InChI=1S/C9H7N3O3/c1-11-5-10-9(13)7-4-6(12(14)15)2-3-8(7)11/h2-5H,1H3. The maximum Gasteiger partial charge on any atom is 0.280 e. The molecule has 2 rings (SSSR count). The Morgan fingerprint density at radius 3 is 2.87 bits per heavy atom. The van der Waals surface area contributed by atoms with Crippen LogP contribution in [0, 0.1) is 10.1 Å². The highest BCUT2D eigenvalue weighted by molar-refractivity contribution is 5.80. The van der Waals surface area contributed by atoms with Gasteiger partial charge in [0.15, 0.2) is 0 Å². The van der Waals surface area contributed by atoms with Crippen LogP contribution in [0.4, 0.5) is 5.69 Å². The Morgan fingerprint density at radius 2 is 2.20 bits per heavy atom. The fourth-order valence-corrected chi connectivity index (χ4v) is 1.39. The first kappa shape index (κ1) is 9.32. The van der Waals surface area contributed by atoms with Gasteiger partial charge in [-0.05, 0) is 6.07 Å². The van der Waals surface area contributed by atoms with Crippen LogP contribution in [-0.2, 0) is 7.05 Å². The third-order valence-electron chi connectivity index (χ3n) is 2.15. The van der Waals surface area contributed by atoms with E-state index in [0.717, 1.165) is 0 Å². The van der Waals surface area contributed by atoms with E-state index >= 15 is 0 Å². The molecule has 0 saturated carbocycles. The molecule has 1 heterocycles. The van der Waals surface area contributed by atoms with Crippen molar-refractivity contribution in [1.29, 1.82) is 0 Å². The third kappa shape index (κ3) is 1.45. The number of hydrogen-bond donors (Lipinski definition) is 0. The first-order valence-corrected chi connectivity index (χ1v) is 4.19. The van der Waals surface area contributed by atoms with Gasteiger partial charge >= 0.3 is 0 Å². The van der Waals surface area contributed by atoms with E-state index in [-0.39, 0.29) is 11.1 Å². The van der Waals surface area contributed by atoms with E-state index < -0.39 is 10.5 Å². The first-order valence-electron chi connectivity index (χ1n) is 4.19. The summed E-state index contributed by atoms with van der Waals surface area (Å²) in [5.41, 5.74) is 0.0694. The van der Waals surface area contributed by atoms with Crippen molar-refractivity contribution >= 4 is 16.6 Å². The van der Waals surface area contributed by atoms with Gasteiger partial charge in [0.05, 0.1) is 22.2 Å². The van der Waals surface area contributed by atoms with Crippen LogP contribution in [0.3, 0.4) is 0 Å². The van der Waals surface area contributed by atoms with Gasteiger partial charge in [0, 0.05) is 19.2 Å². The zero-order valence-electron chi connectivity index (χ0n) is 7.88. The van der Waals surface area contributed by atoms with E-state index in [1.54, 1.807) is 11.6 Å². The number of rotatable bonds is 1. The minimum atomic E-state index is -0.536. The van der Waals surface area contributed by atoms with Crippen molar-refractivity contribution in [2.24, 2.45) is 7.05 Å². The monoisotopic (exact) mass is 205 g/mol. The van der Waals surface area contributed by atoms with Gasteiger partial charge in [-0.25, -0.2) is 0 Å². The normalized spacial score (nSPS) is 10.5. The molecular formula is C9H7N3O3. The minimum absolute atomic E-state index is 0.104. The number of fused-ring (bicyclic) bond motifs is 1. The van der Waals surface area contributed by atoms with E-state index in [4.69, 9.17) is 0 Å². The van der Waals surface area contributed by atoms with Crippen LogP contribution in [0.25, 0.3) is 10.9 Å². The van der Waals surface area contributed by atoms with Crippen molar-refractivity contribution in [3.05, 3.63) is 45.0 Å². The Labute approximate surface area is 83.9 Å². The van der Waals surface area contributed by atoms with Crippen molar-refractivity contribution in [2.45, 2.75) is 0 Å². The summed E-state index contributed by atoms with van der Waals surface area (Å²) in [6.07, 6.45) is 1.39. The van der Waals surface area contributed by atoms with Gasteiger partial charge in [0.25, 0.3) is 11.2 Å². The Balaban J connectivity index is 2.87. The Morgan fingerprint density at radius 1 is 1.47 bits per heavy atom. The Kier molecular flexibility index (Phi) is 1.96. The number of aryl methyl sites for hydroxylation is 1. The van der Waals surface area contributed by atoms with E-state index in [0.29, 0.717) is 5.52 Å². The molecule has 0 bridgehead atoms. The van der Waals surface area contributed by atoms with Crippen molar-refractivity contribution in [3.8, 4) is 0 Å². The lowest BCUT2D eigenvalue weighted by molar-refractivity contribution is -0.384. The zero-order valence-corrected chi connectivity index (χ0v) is 7.88. The molecule has 6 nitrogen and oxygen atoms in total. The maximum absolute atomic E-state index is 11.4. The summed E-state index contributed by atoms with van der Waals surface area (Å²) < 4.78 is 1.64. The smallest absolute Gasteiger partial charge is 0.280 e. The van der Waals surface area contributed by atoms with E-state index in [1.165, 1.54) is 24.5 Å². The molecule has 0 N–H and O–H groups in total. The summed E-state index contributed by atoms with van der Waals surface area (Å²) in [6.45, 7) is 0. The van der Waals surface area contributed by atoms with E-state index in [1.807, 2.05) is 0 Å². The lowest BCUT2D eigenvalue weighted by Crippen LogP contribution is -2.10. The summed E-state index contributed by atoms with van der Waals surface area (Å²) in [4.78, 5) is 24.9. The van der Waals surface area contributed by atoms with E-state index in [2.05, 4.69) is 4.98 Å². The van der Waals surface area contributed by atoms with Crippen LogP contribution in [0.1, 0.15) is 0 Å². The number of non-ortho nitro benzene ring substituents is 1. The summed E-state index contributed by atoms with van der Waals surface area (Å²) in [7, 11) is 1.72. The number of nitro groups is 1. The minimum Gasteiger partial charge on any atom is -0.335 e. The second-order valence-corrected chi connectivity index (χ2v) is 3.12. The van der Waals surface area contributed by atoms with Crippen LogP contribution < -0.4 is 5.56 Å². The van der Waals surface area contributed by atoms with Crippen molar-refractivity contribution in [2.75, 3.05) is 0 Å². The van der Waals surface area contributed by atoms with Gasteiger partial charge in [0.1, 0.15) is 0 Å². The number of benzene rings is 1. The fourth-order valence-electron chi connectivity index (χ4n) is 1.39. The third-order valence-corrected chi connectivity index (χ3v) is 2.15. The second-order valence-electron chi connectivity index (χ2n) is 3.12. The van der Waals surface area contributed by atoms with Gasteiger partial charge in [-0.15, -0.1) is 0 Å². The number of aromatic nitrogens is 2. The molecule has 0 unspecified atom stereocenters. The van der Waals surface area contributed by atoms with Crippen molar-refractivity contribution in [1.82, 2.24) is 9.55 Å². The van der Waals surface area contributed by atoms with Gasteiger partial charge in [-0.2, -0.15) is 4.98 Å². The summed E-state index contributed by atoms with van der Waals surface area (Å²) in [5, 5.41) is 10.8. The molecule has 0 aliphatic carbocycles. The second kappa shape index (κ2) is 3.16. The predicted molar refractivity (Wildman–Crippen MR) is 53.6 cm³/mol. The summed E-state index contributed by atoms with van der Waals surface area (Å²) in [5.74, 6) is 0. The molecule has 0 atom stereocenters. The average Bonchev–Trinajstić information content (AvgIpc) is 2.23. The zero-order chi connectivity index (χ0) is 11.0. The van der Waals surface area contributed by atoms with Gasteiger partial charge in [0.2, 0.25) is 0 Å². The molecule has 76 valence electrons. The first-order chi connectivity index (χ1) is 7.09. The van der Waals surface area contributed by atoms with Crippen LogP contribution in [0.15, 0.2) is 29.3 Å². The number of nitro benzene ring substituents is 1.